The summed E-state index contributed by atoms with van der Waals surface area (Å²) >= 11 is 2.76. The summed E-state index contributed by atoms with van der Waals surface area (Å²) in [5.41, 5.74) is 0.276. The standard InChI is InChI=1S/C16H10N2O2S3/c17-9-12(10-18)11-7-15(13-3-1-5-21-13)23(19,20)16(8-11)14-4-2-6-22-14/h1-3,5-8,14H,4H2. The van der Waals surface area contributed by atoms with E-state index in [0.717, 1.165) is 0 Å². The first-order valence-corrected chi connectivity index (χ1v) is 9.95. The third kappa shape index (κ3) is 2.79. The Morgan fingerprint density at radius 3 is 2.61 bits per heavy atom. The largest absolute Gasteiger partial charge is 0.219 e. The highest BCUT2D eigenvalue weighted by Gasteiger charge is 2.35. The van der Waals surface area contributed by atoms with E-state index < -0.39 is 9.84 Å². The monoisotopic (exact) mass is 358 g/mol. The summed E-state index contributed by atoms with van der Waals surface area (Å²) in [6.45, 7) is 0. The Morgan fingerprint density at radius 1 is 1.26 bits per heavy atom. The van der Waals surface area contributed by atoms with Gasteiger partial charge in [-0.05, 0) is 35.4 Å². The molecule has 0 bridgehead atoms. The number of thioether (sulfide) groups is 1. The van der Waals surface area contributed by atoms with Gasteiger partial charge in [-0.15, -0.1) is 23.1 Å². The minimum Gasteiger partial charge on any atom is -0.219 e. The average Bonchev–Trinajstić information content (AvgIpc) is 3.22. The van der Waals surface area contributed by atoms with Gasteiger partial charge in [0.2, 0.25) is 9.84 Å². The van der Waals surface area contributed by atoms with Crippen molar-refractivity contribution in [1.82, 2.24) is 0 Å². The molecular weight excluding hydrogens is 348 g/mol. The maximum atomic E-state index is 13.0. The third-order valence-electron chi connectivity index (χ3n) is 3.47. The molecule has 0 aliphatic carbocycles. The molecule has 1 aromatic rings. The molecule has 0 spiro atoms. The Kier molecular flexibility index (Phi) is 4.27. The molecular formula is C16H10N2O2S3. The second kappa shape index (κ2) is 6.21. The van der Waals surface area contributed by atoms with E-state index in [1.165, 1.54) is 35.3 Å². The van der Waals surface area contributed by atoms with Crippen LogP contribution in [-0.2, 0) is 9.84 Å². The minimum atomic E-state index is -3.63. The van der Waals surface area contributed by atoms with Crippen LogP contribution < -0.4 is 0 Å². The molecule has 2 aliphatic heterocycles. The third-order valence-corrected chi connectivity index (χ3v) is 7.71. The van der Waals surface area contributed by atoms with Crippen LogP contribution in [0.5, 0.6) is 0 Å². The molecule has 0 saturated heterocycles. The van der Waals surface area contributed by atoms with Crippen LogP contribution in [0.2, 0.25) is 0 Å². The molecule has 1 unspecified atom stereocenters. The van der Waals surface area contributed by atoms with E-state index in [9.17, 15) is 8.42 Å². The minimum absolute atomic E-state index is 0.0811. The molecule has 7 heteroatoms. The number of allylic oxidation sites excluding steroid dienone is 5. The van der Waals surface area contributed by atoms with Gasteiger partial charge in [-0.1, -0.05) is 12.1 Å². The van der Waals surface area contributed by atoms with Gasteiger partial charge in [0.05, 0.1) is 9.81 Å². The van der Waals surface area contributed by atoms with E-state index in [-0.39, 0.29) is 20.6 Å². The maximum absolute atomic E-state index is 13.0. The summed E-state index contributed by atoms with van der Waals surface area (Å²) in [6.07, 6.45) is 5.45. The van der Waals surface area contributed by atoms with Gasteiger partial charge >= 0.3 is 0 Å². The highest BCUT2D eigenvalue weighted by atomic mass is 32.2. The molecule has 1 atom stereocenters. The van der Waals surface area contributed by atoms with Crippen molar-refractivity contribution in [3.63, 3.8) is 0 Å². The molecule has 0 saturated carbocycles. The van der Waals surface area contributed by atoms with Gasteiger partial charge in [0.25, 0.3) is 0 Å². The van der Waals surface area contributed by atoms with Crippen LogP contribution in [0.25, 0.3) is 4.91 Å². The van der Waals surface area contributed by atoms with Gasteiger partial charge in [0.1, 0.15) is 17.7 Å². The molecule has 0 N–H and O–H groups in total. The van der Waals surface area contributed by atoms with Crippen LogP contribution >= 0.6 is 23.1 Å². The SMILES string of the molecule is N#CC(C#N)=C1C=C(c2cccs2)S(=O)(=O)C(C2CC=CS2)=C1. The van der Waals surface area contributed by atoms with E-state index in [0.29, 0.717) is 16.9 Å². The zero-order valence-corrected chi connectivity index (χ0v) is 14.2. The maximum Gasteiger partial charge on any atom is 0.205 e. The highest BCUT2D eigenvalue weighted by molar-refractivity contribution is 8.08. The van der Waals surface area contributed by atoms with Crippen LogP contribution in [0.3, 0.4) is 0 Å². The van der Waals surface area contributed by atoms with Crippen molar-refractivity contribution in [2.24, 2.45) is 0 Å². The number of sulfone groups is 1. The van der Waals surface area contributed by atoms with Crippen molar-refractivity contribution < 1.29 is 8.42 Å². The smallest absolute Gasteiger partial charge is 0.205 e. The van der Waals surface area contributed by atoms with E-state index in [1.54, 1.807) is 17.5 Å². The van der Waals surface area contributed by atoms with Crippen LogP contribution in [-0.4, -0.2) is 13.7 Å². The zero-order chi connectivity index (χ0) is 16.4. The highest BCUT2D eigenvalue weighted by Crippen LogP contribution is 2.42. The fraction of sp³-hybridized carbons (Fsp3) is 0.125. The lowest BCUT2D eigenvalue weighted by Crippen LogP contribution is -2.18. The molecule has 0 amide bonds. The normalized spacial score (nSPS) is 22.0. The van der Waals surface area contributed by atoms with Crippen molar-refractivity contribution in [3.8, 4) is 12.1 Å². The summed E-state index contributed by atoms with van der Waals surface area (Å²) in [5.74, 6) is 0. The van der Waals surface area contributed by atoms with E-state index >= 15 is 0 Å². The molecule has 0 aromatic carbocycles. The van der Waals surface area contributed by atoms with Crippen molar-refractivity contribution in [3.05, 3.63) is 62.1 Å². The predicted octanol–water partition coefficient (Wildman–Crippen LogP) is 3.76. The van der Waals surface area contributed by atoms with Gasteiger partial charge in [-0.3, -0.25) is 0 Å². The summed E-state index contributed by atoms with van der Waals surface area (Å²) in [4.78, 5) is 1.03. The quantitative estimate of drug-likeness (QED) is 0.752. The van der Waals surface area contributed by atoms with Gasteiger partial charge in [-0.25, -0.2) is 8.42 Å². The van der Waals surface area contributed by atoms with E-state index in [4.69, 9.17) is 10.5 Å². The Balaban J connectivity index is 2.23. The van der Waals surface area contributed by atoms with Crippen molar-refractivity contribution in [2.75, 3.05) is 0 Å². The molecule has 0 fully saturated rings. The summed E-state index contributed by atoms with van der Waals surface area (Å²) < 4.78 is 26.0. The zero-order valence-electron chi connectivity index (χ0n) is 11.8. The van der Waals surface area contributed by atoms with Gasteiger partial charge in [-0.2, -0.15) is 10.5 Å². The molecule has 0 radical (unpaired) electrons. The fourth-order valence-electron chi connectivity index (χ4n) is 2.37. The topological polar surface area (TPSA) is 81.7 Å². The van der Waals surface area contributed by atoms with Crippen LogP contribution in [0.1, 0.15) is 11.3 Å². The lowest BCUT2D eigenvalue weighted by molar-refractivity contribution is 0.609. The summed E-state index contributed by atoms with van der Waals surface area (Å²) in [6, 6.07) is 7.19. The van der Waals surface area contributed by atoms with Crippen molar-refractivity contribution >= 4 is 37.8 Å². The summed E-state index contributed by atoms with van der Waals surface area (Å²) in [7, 11) is -3.63. The number of hydrogen-bond donors (Lipinski definition) is 0. The van der Waals surface area contributed by atoms with Crippen molar-refractivity contribution in [1.29, 1.82) is 10.5 Å². The average molecular weight is 358 g/mol. The molecule has 114 valence electrons. The van der Waals surface area contributed by atoms with Crippen molar-refractivity contribution in [2.45, 2.75) is 11.7 Å². The lowest BCUT2D eigenvalue weighted by atomic mass is 10.1. The molecule has 4 nitrogen and oxygen atoms in total. The molecule has 23 heavy (non-hydrogen) atoms. The first-order valence-electron chi connectivity index (χ1n) is 6.65. The number of rotatable bonds is 2. The van der Waals surface area contributed by atoms with E-state index in [2.05, 4.69) is 0 Å². The van der Waals surface area contributed by atoms with Crippen LogP contribution in [0, 0.1) is 22.7 Å². The number of nitrogens with zero attached hydrogens (tertiary/aromatic N) is 2. The number of nitriles is 2. The molecule has 2 aliphatic rings. The number of thiophene rings is 1. The predicted molar refractivity (Wildman–Crippen MR) is 92.7 cm³/mol. The van der Waals surface area contributed by atoms with Gasteiger partial charge in [0.15, 0.2) is 0 Å². The molecule has 1 aromatic heterocycles. The first kappa shape index (κ1) is 15.8. The first-order chi connectivity index (χ1) is 11.1. The fourth-order valence-corrected chi connectivity index (χ4v) is 6.46. The number of hydrogen-bond acceptors (Lipinski definition) is 6. The Hall–Kier alpha value is -2.06. The summed E-state index contributed by atoms with van der Waals surface area (Å²) in [5, 5.41) is 21.7. The van der Waals surface area contributed by atoms with E-state index in [1.807, 2.05) is 23.6 Å². The van der Waals surface area contributed by atoms with Gasteiger partial charge in [0, 0.05) is 15.7 Å². The second-order valence-electron chi connectivity index (χ2n) is 4.82. The molecule has 3 rings (SSSR count). The lowest BCUT2D eigenvalue weighted by Gasteiger charge is -2.20. The van der Waals surface area contributed by atoms with Crippen LogP contribution in [0.4, 0.5) is 0 Å². The second-order valence-corrected chi connectivity index (χ2v) is 8.80. The Labute approximate surface area is 142 Å². The Bertz CT molecular complexity index is 926. The molecule has 3 heterocycles. The van der Waals surface area contributed by atoms with Crippen LogP contribution in [0.15, 0.2) is 57.2 Å². The Morgan fingerprint density at radius 2 is 2.04 bits per heavy atom. The van der Waals surface area contributed by atoms with Gasteiger partial charge < -0.3 is 0 Å².